The summed E-state index contributed by atoms with van der Waals surface area (Å²) >= 11 is 0. The Morgan fingerprint density at radius 1 is 1.00 bits per heavy atom. The molecule has 2 aromatic carbocycles. The third kappa shape index (κ3) is 2.23. The number of aryl methyl sites for hydroxylation is 3. The molecule has 0 spiro atoms. The Kier molecular flexibility index (Phi) is 3.34. The molecule has 0 saturated heterocycles. The molecule has 1 aromatic heterocycles. The minimum Gasteiger partial charge on any atom is -0.320 e. The third-order valence-electron chi connectivity index (χ3n) is 4.73. The highest BCUT2D eigenvalue weighted by Gasteiger charge is 2.36. The molecule has 0 bridgehead atoms. The summed E-state index contributed by atoms with van der Waals surface area (Å²) in [7, 11) is -3.71. The summed E-state index contributed by atoms with van der Waals surface area (Å²) < 4.78 is 30.4. The van der Waals surface area contributed by atoms with Crippen molar-refractivity contribution in [2.45, 2.75) is 32.2 Å². The Hall–Kier alpha value is -2.53. The molecule has 4 rings (SSSR count). The lowest BCUT2D eigenvalue weighted by molar-refractivity contribution is 0.594. The molecule has 0 fully saturated rings. The molecular weight excluding hydrogens is 332 g/mol. The summed E-state index contributed by atoms with van der Waals surface area (Å²) in [5, 5.41) is 1.03. The van der Waals surface area contributed by atoms with Crippen LogP contribution in [0, 0.1) is 20.8 Å². The number of hydrogen-bond acceptors (Lipinski definition) is 2. The van der Waals surface area contributed by atoms with Gasteiger partial charge in [-0.05, 0) is 44.0 Å². The molecule has 5 heteroatoms. The van der Waals surface area contributed by atoms with Gasteiger partial charge in [0, 0.05) is 11.1 Å². The van der Waals surface area contributed by atoms with E-state index in [1.807, 2.05) is 67.8 Å². The lowest BCUT2D eigenvalue weighted by Crippen LogP contribution is -2.28. The molecule has 0 N–H and O–H groups in total. The maximum atomic E-state index is 13.5. The number of anilines is 1. The van der Waals surface area contributed by atoms with Crippen LogP contribution in [0.25, 0.3) is 10.9 Å². The maximum Gasteiger partial charge on any atom is 0.270 e. The number of hydrogen-bond donors (Lipinski definition) is 0. The molecule has 128 valence electrons. The molecule has 25 heavy (non-hydrogen) atoms. The first-order chi connectivity index (χ1) is 11.8. The van der Waals surface area contributed by atoms with Crippen molar-refractivity contribution in [1.82, 2.24) is 4.57 Å². The Bertz CT molecular complexity index is 1120. The standard InChI is InChI=1S/C20H20N2O2S/c1-13-9-14(2)20(15(3)10-13)25(23,24)22-16(4)12-21-18-8-6-5-7-17(18)11-19(21)22/h5-11H,4,12H2,1-3H3. The maximum absolute atomic E-state index is 13.5. The number of nitrogens with zero attached hydrogens (tertiary/aromatic N) is 2. The Labute approximate surface area is 148 Å². The van der Waals surface area contributed by atoms with Crippen LogP contribution in [0.2, 0.25) is 0 Å². The first-order valence-electron chi connectivity index (χ1n) is 8.20. The summed E-state index contributed by atoms with van der Waals surface area (Å²) in [4.78, 5) is 0.373. The highest BCUT2D eigenvalue weighted by Crippen LogP contribution is 2.39. The molecule has 1 aliphatic heterocycles. The van der Waals surface area contributed by atoms with Gasteiger partial charge < -0.3 is 4.57 Å². The van der Waals surface area contributed by atoms with E-state index in [1.54, 1.807) is 0 Å². The first kappa shape index (κ1) is 16.0. The van der Waals surface area contributed by atoms with Crippen LogP contribution in [0.15, 0.2) is 59.6 Å². The number of aromatic nitrogens is 1. The monoisotopic (exact) mass is 352 g/mol. The fourth-order valence-electron chi connectivity index (χ4n) is 3.90. The number of rotatable bonds is 2. The van der Waals surface area contributed by atoms with E-state index in [1.165, 1.54) is 4.31 Å². The molecule has 0 aliphatic carbocycles. The predicted molar refractivity (Wildman–Crippen MR) is 101 cm³/mol. The van der Waals surface area contributed by atoms with Crippen LogP contribution in [-0.2, 0) is 16.6 Å². The van der Waals surface area contributed by atoms with Crippen LogP contribution in [-0.4, -0.2) is 13.0 Å². The minimum absolute atomic E-state index is 0.373. The fraction of sp³-hybridized carbons (Fsp3) is 0.200. The van der Waals surface area contributed by atoms with Gasteiger partial charge in [0.2, 0.25) is 0 Å². The zero-order chi connectivity index (χ0) is 17.9. The Morgan fingerprint density at radius 2 is 1.64 bits per heavy atom. The quantitative estimate of drug-likeness (QED) is 0.690. The van der Waals surface area contributed by atoms with Gasteiger partial charge >= 0.3 is 0 Å². The molecule has 0 amide bonds. The molecule has 4 nitrogen and oxygen atoms in total. The van der Waals surface area contributed by atoms with Crippen LogP contribution in [0.3, 0.4) is 0 Å². The fourth-order valence-corrected chi connectivity index (χ4v) is 5.81. The van der Waals surface area contributed by atoms with Crippen molar-refractivity contribution in [3.05, 3.63) is 71.4 Å². The van der Waals surface area contributed by atoms with Crippen LogP contribution in [0.4, 0.5) is 5.82 Å². The summed E-state index contributed by atoms with van der Waals surface area (Å²) in [6, 6.07) is 13.7. The van der Waals surface area contributed by atoms with E-state index >= 15 is 0 Å². The Morgan fingerprint density at radius 3 is 2.32 bits per heavy atom. The van der Waals surface area contributed by atoms with Crippen LogP contribution in [0.5, 0.6) is 0 Å². The van der Waals surface area contributed by atoms with Crippen molar-refractivity contribution in [3.8, 4) is 0 Å². The van der Waals surface area contributed by atoms with Crippen molar-refractivity contribution in [2.75, 3.05) is 4.31 Å². The largest absolute Gasteiger partial charge is 0.320 e. The molecular formula is C20H20N2O2S. The molecule has 0 saturated carbocycles. The van der Waals surface area contributed by atoms with E-state index in [0.29, 0.717) is 23.0 Å². The molecule has 0 atom stereocenters. The van der Waals surface area contributed by atoms with Crippen LogP contribution in [0.1, 0.15) is 16.7 Å². The normalized spacial score (nSPS) is 14.4. The Balaban J connectivity index is 1.95. The first-order valence-corrected chi connectivity index (χ1v) is 9.64. The van der Waals surface area contributed by atoms with Crippen LogP contribution < -0.4 is 4.31 Å². The average Bonchev–Trinajstić information content (AvgIpc) is 3.00. The van der Waals surface area contributed by atoms with E-state index in [4.69, 9.17) is 0 Å². The van der Waals surface area contributed by atoms with Crippen LogP contribution >= 0.6 is 0 Å². The molecule has 3 aromatic rings. The van der Waals surface area contributed by atoms with Gasteiger partial charge in [-0.2, -0.15) is 0 Å². The summed E-state index contributed by atoms with van der Waals surface area (Å²) in [5.74, 6) is 0.658. The second-order valence-electron chi connectivity index (χ2n) is 6.71. The van der Waals surface area contributed by atoms with E-state index in [-0.39, 0.29) is 0 Å². The predicted octanol–water partition coefficient (Wildman–Crippen LogP) is 4.29. The zero-order valence-corrected chi connectivity index (χ0v) is 15.4. The third-order valence-corrected chi connectivity index (χ3v) is 6.81. The molecule has 1 aliphatic rings. The lowest BCUT2D eigenvalue weighted by atomic mass is 10.1. The number of fused-ring (bicyclic) bond motifs is 3. The minimum atomic E-state index is -3.71. The van der Waals surface area contributed by atoms with Gasteiger partial charge in [0.05, 0.1) is 17.0 Å². The van der Waals surface area contributed by atoms with E-state index < -0.39 is 10.0 Å². The lowest BCUT2D eigenvalue weighted by Gasteiger charge is -2.22. The van der Waals surface area contributed by atoms with Gasteiger partial charge in [-0.1, -0.05) is 42.5 Å². The topological polar surface area (TPSA) is 42.3 Å². The van der Waals surface area contributed by atoms with Gasteiger partial charge in [0.25, 0.3) is 10.0 Å². The smallest absolute Gasteiger partial charge is 0.270 e. The number of sulfonamides is 1. The van der Waals surface area contributed by atoms with Gasteiger partial charge in [-0.25, -0.2) is 12.7 Å². The van der Waals surface area contributed by atoms with Gasteiger partial charge in [-0.3, -0.25) is 0 Å². The van der Waals surface area contributed by atoms with Crippen molar-refractivity contribution in [2.24, 2.45) is 0 Å². The second kappa shape index (κ2) is 5.23. The van der Waals surface area contributed by atoms with E-state index in [2.05, 4.69) is 6.58 Å². The average molecular weight is 352 g/mol. The van der Waals surface area contributed by atoms with Crippen molar-refractivity contribution in [3.63, 3.8) is 0 Å². The van der Waals surface area contributed by atoms with Crippen molar-refractivity contribution < 1.29 is 8.42 Å². The summed E-state index contributed by atoms with van der Waals surface area (Å²) in [6.45, 7) is 10.2. The number of benzene rings is 2. The second-order valence-corrected chi connectivity index (χ2v) is 8.43. The highest BCUT2D eigenvalue weighted by atomic mass is 32.2. The number of allylic oxidation sites excluding steroid dienone is 1. The SMILES string of the molecule is C=C1Cn2c(cc3ccccc32)N1S(=O)(=O)c1c(C)cc(C)cc1C. The van der Waals surface area contributed by atoms with Gasteiger partial charge in [0.15, 0.2) is 0 Å². The highest BCUT2D eigenvalue weighted by molar-refractivity contribution is 7.93. The number of para-hydroxylation sites is 1. The molecule has 2 heterocycles. The van der Waals surface area contributed by atoms with Gasteiger partial charge in [0.1, 0.15) is 5.82 Å². The van der Waals surface area contributed by atoms with E-state index in [0.717, 1.165) is 27.6 Å². The van der Waals surface area contributed by atoms with E-state index in [9.17, 15) is 8.42 Å². The molecule has 0 radical (unpaired) electrons. The summed E-state index contributed by atoms with van der Waals surface area (Å²) in [6.07, 6.45) is 0. The molecule has 0 unspecified atom stereocenters. The summed E-state index contributed by atoms with van der Waals surface area (Å²) in [5.41, 5.74) is 4.18. The van der Waals surface area contributed by atoms with Crippen molar-refractivity contribution in [1.29, 1.82) is 0 Å². The van der Waals surface area contributed by atoms with Crippen molar-refractivity contribution >= 4 is 26.7 Å². The van der Waals surface area contributed by atoms with Gasteiger partial charge in [-0.15, -0.1) is 0 Å². The zero-order valence-electron chi connectivity index (χ0n) is 14.6.